The molecule has 0 aliphatic carbocycles. The molecule has 3 heterocycles. The highest BCUT2D eigenvalue weighted by atomic mass is 19.4. The molecule has 1 atom stereocenters. The number of aromatic nitrogens is 3. The largest absolute Gasteiger partial charge is 0.433 e. The maximum Gasteiger partial charge on any atom is 0.433 e. The predicted molar refractivity (Wildman–Crippen MR) is 94.6 cm³/mol. The van der Waals surface area contributed by atoms with Crippen LogP contribution in [0.4, 0.5) is 13.2 Å². The Balaban J connectivity index is 1.80. The fraction of sp³-hybridized carbons (Fsp3) is 0.316. The van der Waals surface area contributed by atoms with Gasteiger partial charge in [0.1, 0.15) is 0 Å². The standard InChI is InChI=1S/C19H17F3N4O2/c20-19(21,22)16-9-14(12-5-2-1-3-6-12)23-17-10-15(24-26(16)17)18(28)25-8-4-7-13(27)11-25/h1-3,5-6,9-10,13,27H,4,7-8,11H2. The number of aliphatic hydroxyl groups excluding tert-OH is 1. The molecule has 1 amide bonds. The van der Waals surface area contributed by atoms with Crippen LogP contribution in [-0.4, -0.2) is 49.7 Å². The lowest BCUT2D eigenvalue weighted by molar-refractivity contribution is -0.142. The summed E-state index contributed by atoms with van der Waals surface area (Å²) in [5.74, 6) is -0.515. The van der Waals surface area contributed by atoms with Gasteiger partial charge < -0.3 is 10.0 Å². The van der Waals surface area contributed by atoms with Crippen molar-refractivity contribution in [3.8, 4) is 11.3 Å². The van der Waals surface area contributed by atoms with Gasteiger partial charge >= 0.3 is 6.18 Å². The molecule has 1 N–H and O–H groups in total. The second-order valence-corrected chi connectivity index (χ2v) is 6.74. The number of amides is 1. The van der Waals surface area contributed by atoms with Crippen LogP contribution in [0, 0.1) is 0 Å². The Kier molecular flexibility index (Phi) is 4.54. The summed E-state index contributed by atoms with van der Waals surface area (Å²) in [6.45, 7) is 0.570. The lowest BCUT2D eigenvalue weighted by Crippen LogP contribution is -2.42. The second kappa shape index (κ2) is 6.90. The quantitative estimate of drug-likeness (QED) is 0.730. The Morgan fingerprint density at radius 3 is 2.61 bits per heavy atom. The SMILES string of the molecule is O=C(c1cc2nc(-c3ccccc3)cc(C(F)(F)F)n2n1)N1CCCC(O)C1. The summed E-state index contributed by atoms with van der Waals surface area (Å²) in [7, 11) is 0. The maximum atomic E-state index is 13.6. The summed E-state index contributed by atoms with van der Waals surface area (Å²) in [5.41, 5.74) is -0.516. The number of aliphatic hydroxyl groups is 1. The minimum atomic E-state index is -4.67. The summed E-state index contributed by atoms with van der Waals surface area (Å²) in [4.78, 5) is 18.3. The van der Waals surface area contributed by atoms with Gasteiger partial charge in [-0.15, -0.1) is 0 Å². The first-order valence-electron chi connectivity index (χ1n) is 8.84. The van der Waals surface area contributed by atoms with Crippen LogP contribution in [0.2, 0.25) is 0 Å². The van der Waals surface area contributed by atoms with Gasteiger partial charge in [-0.05, 0) is 18.9 Å². The number of hydrogen-bond acceptors (Lipinski definition) is 4. The zero-order chi connectivity index (χ0) is 19.9. The molecule has 3 aromatic rings. The number of rotatable bonds is 2. The van der Waals surface area contributed by atoms with Crippen molar-refractivity contribution in [1.82, 2.24) is 19.5 Å². The molecular weight excluding hydrogens is 373 g/mol. The van der Waals surface area contributed by atoms with E-state index in [-0.39, 0.29) is 23.6 Å². The van der Waals surface area contributed by atoms with Gasteiger partial charge in [0, 0.05) is 24.7 Å². The number of nitrogens with zero attached hydrogens (tertiary/aromatic N) is 4. The third-order valence-electron chi connectivity index (χ3n) is 4.69. The van der Waals surface area contributed by atoms with Crippen molar-refractivity contribution in [2.24, 2.45) is 0 Å². The number of alkyl halides is 3. The van der Waals surface area contributed by atoms with E-state index in [1.54, 1.807) is 30.3 Å². The fourth-order valence-electron chi connectivity index (χ4n) is 3.34. The molecule has 0 spiro atoms. The van der Waals surface area contributed by atoms with Crippen molar-refractivity contribution in [2.75, 3.05) is 13.1 Å². The molecule has 1 fully saturated rings. The van der Waals surface area contributed by atoms with Gasteiger partial charge in [0.25, 0.3) is 5.91 Å². The van der Waals surface area contributed by atoms with Gasteiger partial charge in [-0.25, -0.2) is 9.50 Å². The van der Waals surface area contributed by atoms with Crippen molar-refractivity contribution in [3.63, 3.8) is 0 Å². The third kappa shape index (κ3) is 3.45. The normalized spacial score (nSPS) is 17.9. The Morgan fingerprint density at radius 2 is 1.93 bits per heavy atom. The molecule has 0 saturated carbocycles. The van der Waals surface area contributed by atoms with Crippen molar-refractivity contribution >= 4 is 11.6 Å². The average Bonchev–Trinajstić information content (AvgIpc) is 3.10. The molecule has 0 bridgehead atoms. The van der Waals surface area contributed by atoms with Gasteiger partial charge in [-0.3, -0.25) is 4.79 Å². The van der Waals surface area contributed by atoms with Gasteiger partial charge in [-0.2, -0.15) is 18.3 Å². The van der Waals surface area contributed by atoms with E-state index in [0.717, 1.165) is 6.07 Å². The number of fused-ring (bicyclic) bond motifs is 1. The second-order valence-electron chi connectivity index (χ2n) is 6.74. The predicted octanol–water partition coefficient (Wildman–Crippen LogP) is 3.01. The molecule has 1 saturated heterocycles. The first kappa shape index (κ1) is 18.4. The lowest BCUT2D eigenvalue weighted by atomic mass is 10.1. The van der Waals surface area contributed by atoms with Crippen molar-refractivity contribution in [2.45, 2.75) is 25.1 Å². The molecule has 28 heavy (non-hydrogen) atoms. The molecule has 4 rings (SSSR count). The van der Waals surface area contributed by atoms with Crippen LogP contribution in [0.1, 0.15) is 29.0 Å². The van der Waals surface area contributed by atoms with E-state index in [4.69, 9.17) is 0 Å². The van der Waals surface area contributed by atoms with E-state index in [2.05, 4.69) is 10.1 Å². The van der Waals surface area contributed by atoms with Gasteiger partial charge in [0.15, 0.2) is 17.0 Å². The topological polar surface area (TPSA) is 70.7 Å². The molecule has 9 heteroatoms. The van der Waals surface area contributed by atoms with E-state index in [1.165, 1.54) is 11.0 Å². The smallest absolute Gasteiger partial charge is 0.391 e. The minimum absolute atomic E-state index is 0.0606. The van der Waals surface area contributed by atoms with Crippen LogP contribution >= 0.6 is 0 Å². The highest BCUT2D eigenvalue weighted by Gasteiger charge is 2.36. The van der Waals surface area contributed by atoms with Gasteiger partial charge in [0.2, 0.25) is 0 Å². The molecule has 146 valence electrons. The zero-order valence-electron chi connectivity index (χ0n) is 14.7. The zero-order valence-corrected chi connectivity index (χ0v) is 14.7. The Hall–Kier alpha value is -2.94. The van der Waals surface area contributed by atoms with E-state index < -0.39 is 23.9 Å². The van der Waals surface area contributed by atoms with Crippen molar-refractivity contribution < 1.29 is 23.1 Å². The van der Waals surface area contributed by atoms with Crippen LogP contribution < -0.4 is 0 Å². The average molecular weight is 390 g/mol. The molecule has 1 unspecified atom stereocenters. The van der Waals surface area contributed by atoms with E-state index in [9.17, 15) is 23.1 Å². The highest BCUT2D eigenvalue weighted by Crippen LogP contribution is 2.32. The number of likely N-dealkylation sites (tertiary alicyclic amines) is 1. The third-order valence-corrected chi connectivity index (χ3v) is 4.69. The number of halogens is 3. The molecule has 1 aliphatic rings. The molecule has 1 aliphatic heterocycles. The summed E-state index contributed by atoms with van der Waals surface area (Å²) in [6, 6.07) is 10.7. The fourth-order valence-corrected chi connectivity index (χ4v) is 3.34. The number of benzene rings is 1. The number of piperidine rings is 1. The number of carbonyl (C=O) groups excluding carboxylic acids is 1. The van der Waals surface area contributed by atoms with Crippen LogP contribution in [0.15, 0.2) is 42.5 Å². The van der Waals surface area contributed by atoms with Crippen LogP contribution in [-0.2, 0) is 6.18 Å². The lowest BCUT2D eigenvalue weighted by Gasteiger charge is -2.29. The molecular formula is C19H17F3N4O2. The van der Waals surface area contributed by atoms with E-state index in [0.29, 0.717) is 29.5 Å². The summed E-state index contributed by atoms with van der Waals surface area (Å²) in [5, 5.41) is 13.6. The first-order chi connectivity index (χ1) is 13.3. The van der Waals surface area contributed by atoms with Crippen LogP contribution in [0.25, 0.3) is 16.9 Å². The number of hydrogen-bond donors (Lipinski definition) is 1. The highest BCUT2D eigenvalue weighted by molar-refractivity contribution is 5.93. The number of β-amino-alcohol motifs (C(OH)–C–C–N with tert-alkyl or cyclic N) is 1. The van der Waals surface area contributed by atoms with Crippen LogP contribution in [0.3, 0.4) is 0 Å². The van der Waals surface area contributed by atoms with Crippen molar-refractivity contribution in [1.29, 1.82) is 0 Å². The minimum Gasteiger partial charge on any atom is -0.391 e. The number of carbonyl (C=O) groups is 1. The van der Waals surface area contributed by atoms with E-state index in [1.807, 2.05) is 0 Å². The van der Waals surface area contributed by atoms with Crippen molar-refractivity contribution in [3.05, 3.63) is 53.9 Å². The Bertz CT molecular complexity index is 1020. The summed E-state index contributed by atoms with van der Waals surface area (Å²) >= 11 is 0. The van der Waals surface area contributed by atoms with Crippen LogP contribution in [0.5, 0.6) is 0 Å². The van der Waals surface area contributed by atoms with Gasteiger partial charge in [0.05, 0.1) is 11.8 Å². The van der Waals surface area contributed by atoms with E-state index >= 15 is 0 Å². The Morgan fingerprint density at radius 1 is 1.18 bits per heavy atom. The Labute approximate surface area is 158 Å². The molecule has 2 aromatic heterocycles. The molecule has 6 nitrogen and oxygen atoms in total. The van der Waals surface area contributed by atoms with Gasteiger partial charge in [-0.1, -0.05) is 30.3 Å². The molecule has 1 aromatic carbocycles. The monoisotopic (exact) mass is 390 g/mol. The maximum absolute atomic E-state index is 13.6. The summed E-state index contributed by atoms with van der Waals surface area (Å²) in [6.07, 6.45) is -4.08. The summed E-state index contributed by atoms with van der Waals surface area (Å²) < 4.78 is 41.5. The first-order valence-corrected chi connectivity index (χ1v) is 8.84. The molecule has 0 radical (unpaired) electrons.